The third-order valence-corrected chi connectivity index (χ3v) is 6.31. The van der Waals surface area contributed by atoms with Crippen LogP contribution in [0.3, 0.4) is 0 Å². The average Bonchev–Trinajstić information content (AvgIpc) is 3.19. The molecule has 0 radical (unpaired) electrons. The average molecular weight is 591 g/mol. The minimum Gasteiger partial charge on any atom is -0.495 e. The highest BCUT2D eigenvalue weighted by Gasteiger charge is 2.35. The van der Waals surface area contributed by atoms with Gasteiger partial charge in [0, 0.05) is 5.56 Å². The first-order valence-electron chi connectivity index (χ1n) is 11.6. The standard InChI is InChI=1S/C28H23BrN4O6/c1-37-23-10-6-5-9-21(23)31-25(34)15-33-27(35)22(32-28(33)36)12-17-11-20(29)26(24(13-17)38-2)39-16-19-8-4-3-7-18(19)14-30/h3-13H,15-16H2,1-2H3,(H,31,34)(H,32,36)/b22-12+. The monoisotopic (exact) mass is 590 g/mol. The van der Waals surface area contributed by atoms with Crippen LogP contribution in [0.5, 0.6) is 17.2 Å². The Morgan fingerprint density at radius 2 is 1.79 bits per heavy atom. The minimum absolute atomic E-state index is 0.00402. The van der Waals surface area contributed by atoms with E-state index in [1.165, 1.54) is 20.3 Å². The summed E-state index contributed by atoms with van der Waals surface area (Å²) in [6.45, 7) is -0.344. The van der Waals surface area contributed by atoms with E-state index >= 15 is 0 Å². The molecule has 1 saturated heterocycles. The number of carbonyl (C=O) groups is 3. The van der Waals surface area contributed by atoms with Crippen molar-refractivity contribution < 1.29 is 28.6 Å². The molecular formula is C28H23BrN4O6. The van der Waals surface area contributed by atoms with Crippen molar-refractivity contribution in [2.24, 2.45) is 0 Å². The lowest BCUT2D eigenvalue weighted by Gasteiger charge is -2.14. The Hall–Kier alpha value is -4.82. The van der Waals surface area contributed by atoms with Crippen LogP contribution in [-0.2, 0) is 16.2 Å². The number of nitriles is 1. The molecule has 0 aromatic heterocycles. The van der Waals surface area contributed by atoms with Crippen LogP contribution < -0.4 is 24.8 Å². The Balaban J connectivity index is 1.48. The van der Waals surface area contributed by atoms with E-state index in [9.17, 15) is 19.6 Å². The van der Waals surface area contributed by atoms with Crippen molar-refractivity contribution in [1.82, 2.24) is 10.2 Å². The number of para-hydroxylation sites is 2. The van der Waals surface area contributed by atoms with Crippen molar-refractivity contribution in [2.75, 3.05) is 26.1 Å². The summed E-state index contributed by atoms with van der Waals surface area (Å²) in [6.07, 6.45) is 1.47. The molecule has 198 valence electrons. The third kappa shape index (κ3) is 6.19. The van der Waals surface area contributed by atoms with Gasteiger partial charge in [-0.2, -0.15) is 5.26 Å². The summed E-state index contributed by atoms with van der Waals surface area (Å²) in [5, 5.41) is 14.4. The number of benzene rings is 3. The summed E-state index contributed by atoms with van der Waals surface area (Å²) >= 11 is 3.47. The van der Waals surface area contributed by atoms with Gasteiger partial charge in [-0.05, 0) is 57.9 Å². The molecule has 0 unspecified atom stereocenters. The molecule has 0 atom stereocenters. The van der Waals surface area contributed by atoms with Gasteiger partial charge in [-0.25, -0.2) is 9.69 Å². The Labute approximate surface area is 232 Å². The summed E-state index contributed by atoms with van der Waals surface area (Å²) in [5.74, 6) is 0.0102. The number of ether oxygens (including phenoxy) is 3. The maximum absolute atomic E-state index is 12.9. The fraction of sp³-hybridized carbons (Fsp3) is 0.143. The van der Waals surface area contributed by atoms with Crippen LogP contribution in [0.25, 0.3) is 6.08 Å². The van der Waals surface area contributed by atoms with Gasteiger partial charge in [-0.3, -0.25) is 9.59 Å². The Morgan fingerprint density at radius 1 is 1.08 bits per heavy atom. The van der Waals surface area contributed by atoms with Crippen molar-refractivity contribution in [3.05, 3.63) is 87.5 Å². The maximum Gasteiger partial charge on any atom is 0.329 e. The fourth-order valence-electron chi connectivity index (χ4n) is 3.83. The van der Waals surface area contributed by atoms with E-state index < -0.39 is 24.4 Å². The smallest absolute Gasteiger partial charge is 0.329 e. The largest absolute Gasteiger partial charge is 0.495 e. The number of hydrogen-bond donors (Lipinski definition) is 2. The van der Waals surface area contributed by atoms with E-state index in [4.69, 9.17) is 14.2 Å². The second-order valence-electron chi connectivity index (χ2n) is 8.22. The summed E-state index contributed by atoms with van der Waals surface area (Å²) < 4.78 is 17.2. The second-order valence-corrected chi connectivity index (χ2v) is 9.07. The number of urea groups is 1. The van der Waals surface area contributed by atoms with E-state index in [2.05, 4.69) is 32.6 Å². The molecule has 11 heteroatoms. The highest BCUT2D eigenvalue weighted by atomic mass is 79.9. The zero-order valence-corrected chi connectivity index (χ0v) is 22.6. The third-order valence-electron chi connectivity index (χ3n) is 5.72. The van der Waals surface area contributed by atoms with Gasteiger partial charge >= 0.3 is 6.03 Å². The molecule has 3 aromatic rings. The Morgan fingerprint density at radius 3 is 2.54 bits per heavy atom. The number of hydrogen-bond acceptors (Lipinski definition) is 7. The molecule has 3 aromatic carbocycles. The number of halogens is 1. The molecule has 2 N–H and O–H groups in total. The molecule has 1 aliphatic heterocycles. The molecule has 1 aliphatic rings. The lowest BCUT2D eigenvalue weighted by atomic mass is 10.1. The number of amides is 4. The van der Waals surface area contributed by atoms with Crippen molar-refractivity contribution in [3.63, 3.8) is 0 Å². The number of methoxy groups -OCH3 is 2. The van der Waals surface area contributed by atoms with Gasteiger partial charge in [0.05, 0.1) is 36.0 Å². The minimum atomic E-state index is -0.719. The molecule has 4 rings (SSSR count). The SMILES string of the molecule is COc1ccccc1NC(=O)CN1C(=O)N/C(=C/c2cc(Br)c(OCc3ccccc3C#N)c(OC)c2)C1=O. The molecule has 1 heterocycles. The van der Waals surface area contributed by atoms with E-state index in [1.54, 1.807) is 54.6 Å². The summed E-state index contributed by atoms with van der Waals surface area (Å²) in [6, 6.07) is 18.6. The van der Waals surface area contributed by atoms with E-state index in [0.29, 0.717) is 44.1 Å². The van der Waals surface area contributed by atoms with Gasteiger partial charge in [0.15, 0.2) is 11.5 Å². The van der Waals surface area contributed by atoms with Crippen LogP contribution in [0, 0.1) is 11.3 Å². The van der Waals surface area contributed by atoms with Gasteiger partial charge in [0.1, 0.15) is 24.6 Å². The Kier molecular flexibility index (Phi) is 8.48. The van der Waals surface area contributed by atoms with Gasteiger partial charge in [0.2, 0.25) is 5.91 Å². The Bertz CT molecular complexity index is 1510. The van der Waals surface area contributed by atoms with Crippen molar-refractivity contribution in [2.45, 2.75) is 6.61 Å². The number of imide groups is 1. The number of anilines is 1. The second kappa shape index (κ2) is 12.1. The summed E-state index contributed by atoms with van der Waals surface area (Å²) in [4.78, 5) is 38.8. The van der Waals surface area contributed by atoms with Crippen LogP contribution in [0.1, 0.15) is 16.7 Å². The molecule has 4 amide bonds. The predicted molar refractivity (Wildman–Crippen MR) is 146 cm³/mol. The quantitative estimate of drug-likeness (QED) is 0.278. The number of carbonyl (C=O) groups excluding carboxylic acids is 3. The molecule has 1 fully saturated rings. The molecule has 0 aliphatic carbocycles. The fourth-order valence-corrected chi connectivity index (χ4v) is 4.41. The predicted octanol–water partition coefficient (Wildman–Crippen LogP) is 4.45. The van der Waals surface area contributed by atoms with Gasteiger partial charge in [-0.1, -0.05) is 30.3 Å². The molecule has 10 nitrogen and oxygen atoms in total. The summed E-state index contributed by atoms with van der Waals surface area (Å²) in [5.41, 5.74) is 2.17. The van der Waals surface area contributed by atoms with Crippen LogP contribution in [-0.4, -0.2) is 43.5 Å². The van der Waals surface area contributed by atoms with Gasteiger partial charge in [-0.15, -0.1) is 0 Å². The molecule has 0 spiro atoms. The van der Waals surface area contributed by atoms with E-state index in [0.717, 1.165) is 4.90 Å². The zero-order chi connectivity index (χ0) is 27.9. The van der Waals surface area contributed by atoms with Crippen LogP contribution in [0.15, 0.2) is 70.8 Å². The lowest BCUT2D eigenvalue weighted by Crippen LogP contribution is -2.38. The normalized spacial score (nSPS) is 13.6. The van der Waals surface area contributed by atoms with E-state index in [1.807, 2.05) is 6.07 Å². The zero-order valence-electron chi connectivity index (χ0n) is 21.0. The number of nitrogens with zero attached hydrogens (tertiary/aromatic N) is 2. The first kappa shape index (κ1) is 27.2. The van der Waals surface area contributed by atoms with Crippen molar-refractivity contribution in [3.8, 4) is 23.3 Å². The lowest BCUT2D eigenvalue weighted by molar-refractivity contribution is -0.127. The molecule has 0 saturated carbocycles. The van der Waals surface area contributed by atoms with Crippen LogP contribution in [0.2, 0.25) is 0 Å². The highest BCUT2D eigenvalue weighted by molar-refractivity contribution is 9.10. The van der Waals surface area contributed by atoms with Gasteiger partial charge in [0.25, 0.3) is 5.91 Å². The van der Waals surface area contributed by atoms with Crippen molar-refractivity contribution in [1.29, 1.82) is 5.26 Å². The van der Waals surface area contributed by atoms with E-state index in [-0.39, 0.29) is 12.3 Å². The first-order chi connectivity index (χ1) is 18.8. The molecule has 39 heavy (non-hydrogen) atoms. The van der Waals surface area contributed by atoms with Crippen LogP contribution in [0.4, 0.5) is 10.5 Å². The van der Waals surface area contributed by atoms with Gasteiger partial charge < -0.3 is 24.8 Å². The number of rotatable bonds is 9. The topological polar surface area (TPSA) is 130 Å². The first-order valence-corrected chi connectivity index (χ1v) is 12.4. The summed E-state index contributed by atoms with van der Waals surface area (Å²) in [7, 11) is 2.94. The van der Waals surface area contributed by atoms with Crippen LogP contribution >= 0.6 is 15.9 Å². The number of nitrogens with one attached hydrogen (secondary N) is 2. The molecular weight excluding hydrogens is 568 g/mol. The maximum atomic E-state index is 12.9. The highest BCUT2D eigenvalue weighted by Crippen LogP contribution is 2.38. The van der Waals surface area contributed by atoms with Crippen molar-refractivity contribution >= 4 is 45.5 Å². The molecule has 0 bridgehead atoms.